The van der Waals surface area contributed by atoms with Gasteiger partial charge in [0.15, 0.2) is 11.6 Å². The number of rotatable bonds is 7. The van der Waals surface area contributed by atoms with Crippen LogP contribution in [0.3, 0.4) is 0 Å². The van der Waals surface area contributed by atoms with Gasteiger partial charge in [-0.3, -0.25) is 9.59 Å². The second kappa shape index (κ2) is 9.78. The lowest BCUT2D eigenvalue weighted by Gasteiger charge is -2.03. The van der Waals surface area contributed by atoms with Crippen LogP contribution in [0.25, 0.3) is 34.0 Å². The van der Waals surface area contributed by atoms with Gasteiger partial charge in [0.2, 0.25) is 0 Å². The zero-order valence-electron chi connectivity index (χ0n) is 19.5. The van der Waals surface area contributed by atoms with Gasteiger partial charge >= 0.3 is 0 Å². The number of hydrogen-bond donors (Lipinski definition) is 0. The van der Waals surface area contributed by atoms with E-state index in [1.54, 1.807) is 12.2 Å². The van der Waals surface area contributed by atoms with Gasteiger partial charge in [0, 0.05) is 39.5 Å². The standard InChI is InChI=1S/C32H25NO2/c1-2-33-29-17-15-25(31(34)19-13-23-9-5-3-6-10-23)21-27(29)28-22-26(16-18-30(28)33)32(35)20-14-24-11-7-4-8-12-24/h3-22H,2H2,1H3/b19-13-,20-14+. The minimum atomic E-state index is -0.0498. The fraction of sp³-hybridized carbons (Fsp3) is 0.0625. The number of nitrogens with zero attached hydrogens (tertiary/aromatic N) is 1. The predicted octanol–water partition coefficient (Wildman–Crippen LogP) is 7.61. The predicted molar refractivity (Wildman–Crippen MR) is 145 cm³/mol. The maximum absolute atomic E-state index is 12.9. The quantitative estimate of drug-likeness (QED) is 0.187. The first-order valence-electron chi connectivity index (χ1n) is 11.7. The van der Waals surface area contributed by atoms with Crippen molar-refractivity contribution < 1.29 is 9.59 Å². The molecule has 35 heavy (non-hydrogen) atoms. The maximum atomic E-state index is 12.9. The molecule has 3 nitrogen and oxygen atoms in total. The van der Waals surface area contributed by atoms with Gasteiger partial charge in [-0.25, -0.2) is 0 Å². The number of carbonyl (C=O) groups excluding carboxylic acids is 2. The SMILES string of the molecule is CCn1c2ccc(C(=O)/C=C\c3ccccc3)cc2c2cc(C(=O)/C=C/c3ccccc3)ccc21. The van der Waals surface area contributed by atoms with Gasteiger partial charge in [0.25, 0.3) is 0 Å². The van der Waals surface area contributed by atoms with E-state index in [4.69, 9.17) is 0 Å². The van der Waals surface area contributed by atoms with Crippen LogP contribution >= 0.6 is 0 Å². The largest absolute Gasteiger partial charge is 0.341 e. The fourth-order valence-electron chi connectivity index (χ4n) is 4.42. The summed E-state index contributed by atoms with van der Waals surface area (Å²) >= 11 is 0. The molecule has 0 amide bonds. The van der Waals surface area contributed by atoms with E-state index in [0.29, 0.717) is 11.1 Å². The molecule has 1 heterocycles. The Kier molecular flexibility index (Phi) is 6.23. The molecule has 4 aromatic carbocycles. The fourth-order valence-corrected chi connectivity index (χ4v) is 4.42. The Morgan fingerprint density at radius 2 is 1.06 bits per heavy atom. The second-order valence-corrected chi connectivity index (χ2v) is 8.42. The third kappa shape index (κ3) is 4.62. The topological polar surface area (TPSA) is 39.1 Å². The summed E-state index contributed by atoms with van der Waals surface area (Å²) in [6.45, 7) is 2.89. The molecule has 1 aromatic heterocycles. The van der Waals surface area contributed by atoms with E-state index in [1.165, 1.54) is 0 Å². The number of allylic oxidation sites excluding steroid dienone is 2. The molecule has 0 N–H and O–H groups in total. The highest BCUT2D eigenvalue weighted by atomic mass is 16.1. The Labute approximate surface area is 204 Å². The summed E-state index contributed by atoms with van der Waals surface area (Å²) in [4.78, 5) is 25.8. The Balaban J connectivity index is 1.52. The van der Waals surface area contributed by atoms with E-state index in [-0.39, 0.29) is 11.6 Å². The van der Waals surface area contributed by atoms with Crippen molar-refractivity contribution in [3.63, 3.8) is 0 Å². The van der Waals surface area contributed by atoms with E-state index >= 15 is 0 Å². The molecule has 5 aromatic rings. The molecule has 0 unspecified atom stereocenters. The van der Waals surface area contributed by atoms with Crippen LogP contribution in [0.2, 0.25) is 0 Å². The van der Waals surface area contributed by atoms with E-state index in [1.807, 2.05) is 109 Å². The third-order valence-corrected chi connectivity index (χ3v) is 6.20. The van der Waals surface area contributed by atoms with Gasteiger partial charge in [0.1, 0.15) is 0 Å². The number of aromatic nitrogens is 1. The first-order chi connectivity index (χ1) is 17.1. The van der Waals surface area contributed by atoms with Crippen LogP contribution in [0, 0.1) is 0 Å². The number of hydrogen-bond acceptors (Lipinski definition) is 2. The highest BCUT2D eigenvalue weighted by Gasteiger charge is 2.14. The highest BCUT2D eigenvalue weighted by Crippen LogP contribution is 2.31. The maximum Gasteiger partial charge on any atom is 0.185 e. The molecule has 0 spiro atoms. The first kappa shape index (κ1) is 22.3. The second-order valence-electron chi connectivity index (χ2n) is 8.42. The summed E-state index contributed by atoms with van der Waals surface area (Å²) in [5, 5.41) is 1.95. The van der Waals surface area contributed by atoms with Crippen LogP contribution in [0.4, 0.5) is 0 Å². The van der Waals surface area contributed by atoms with Gasteiger partial charge in [0.05, 0.1) is 0 Å². The number of aryl methyl sites for hydroxylation is 1. The van der Waals surface area contributed by atoms with Crippen molar-refractivity contribution in [3.8, 4) is 0 Å². The summed E-state index contributed by atoms with van der Waals surface area (Å²) in [5.41, 5.74) is 5.32. The summed E-state index contributed by atoms with van der Waals surface area (Å²) in [6, 6.07) is 31.2. The zero-order chi connectivity index (χ0) is 24.2. The van der Waals surface area contributed by atoms with Crippen molar-refractivity contribution in [1.82, 2.24) is 4.57 Å². The Morgan fingerprint density at radius 3 is 1.46 bits per heavy atom. The van der Waals surface area contributed by atoms with Crippen LogP contribution in [-0.4, -0.2) is 16.1 Å². The number of fused-ring (bicyclic) bond motifs is 3. The van der Waals surface area contributed by atoms with E-state index in [2.05, 4.69) is 11.5 Å². The molecule has 0 atom stereocenters. The van der Waals surface area contributed by atoms with Crippen LogP contribution in [0.1, 0.15) is 38.8 Å². The van der Waals surface area contributed by atoms with Crippen molar-refractivity contribution in [2.24, 2.45) is 0 Å². The normalized spacial score (nSPS) is 11.7. The van der Waals surface area contributed by atoms with E-state index in [0.717, 1.165) is 39.5 Å². The molecule has 0 saturated heterocycles. The van der Waals surface area contributed by atoms with Crippen molar-refractivity contribution >= 4 is 45.5 Å². The average molecular weight is 456 g/mol. The lowest BCUT2D eigenvalue weighted by atomic mass is 10.0. The molecule has 0 aliphatic carbocycles. The van der Waals surface area contributed by atoms with Crippen molar-refractivity contribution in [1.29, 1.82) is 0 Å². The smallest absolute Gasteiger partial charge is 0.185 e. The van der Waals surface area contributed by atoms with Gasteiger partial charge < -0.3 is 4.57 Å². The van der Waals surface area contributed by atoms with Crippen LogP contribution < -0.4 is 0 Å². The van der Waals surface area contributed by atoms with Gasteiger partial charge in [-0.15, -0.1) is 0 Å². The van der Waals surface area contributed by atoms with Crippen LogP contribution in [-0.2, 0) is 6.54 Å². The Morgan fingerprint density at radius 1 is 0.629 bits per heavy atom. The minimum absolute atomic E-state index is 0.0498. The molecule has 5 rings (SSSR count). The molecule has 0 radical (unpaired) electrons. The average Bonchev–Trinajstić information content (AvgIpc) is 3.23. The van der Waals surface area contributed by atoms with Gasteiger partial charge in [-0.1, -0.05) is 72.8 Å². The lowest BCUT2D eigenvalue weighted by Crippen LogP contribution is -1.96. The summed E-state index contributed by atoms with van der Waals surface area (Å²) in [5.74, 6) is -0.0997. The summed E-state index contributed by atoms with van der Waals surface area (Å²) in [7, 11) is 0. The zero-order valence-corrected chi connectivity index (χ0v) is 19.5. The number of ketones is 2. The van der Waals surface area contributed by atoms with Gasteiger partial charge in [-0.2, -0.15) is 0 Å². The Hall–Kier alpha value is -4.50. The minimum Gasteiger partial charge on any atom is -0.341 e. The highest BCUT2D eigenvalue weighted by molar-refractivity contribution is 6.16. The summed E-state index contributed by atoms with van der Waals surface area (Å²) < 4.78 is 2.22. The van der Waals surface area contributed by atoms with Crippen molar-refractivity contribution in [3.05, 3.63) is 131 Å². The van der Waals surface area contributed by atoms with Crippen LogP contribution in [0.5, 0.6) is 0 Å². The van der Waals surface area contributed by atoms with Gasteiger partial charge in [-0.05, 0) is 66.6 Å². The molecule has 0 aliphatic rings. The molecular weight excluding hydrogens is 430 g/mol. The van der Waals surface area contributed by atoms with Crippen molar-refractivity contribution in [2.75, 3.05) is 0 Å². The molecule has 0 fully saturated rings. The number of benzene rings is 4. The molecule has 170 valence electrons. The molecule has 0 saturated carbocycles. The number of carbonyl (C=O) groups is 2. The third-order valence-electron chi connectivity index (χ3n) is 6.20. The van der Waals surface area contributed by atoms with E-state index in [9.17, 15) is 9.59 Å². The molecule has 0 bridgehead atoms. The first-order valence-corrected chi connectivity index (χ1v) is 11.7. The molecular formula is C32H25NO2. The monoisotopic (exact) mass is 455 g/mol. The molecule has 0 aliphatic heterocycles. The summed E-state index contributed by atoms with van der Waals surface area (Å²) in [6.07, 6.45) is 6.88. The lowest BCUT2D eigenvalue weighted by molar-refractivity contribution is 0.104. The van der Waals surface area contributed by atoms with Crippen LogP contribution in [0.15, 0.2) is 109 Å². The Bertz CT molecular complexity index is 1470. The molecule has 3 heteroatoms. The van der Waals surface area contributed by atoms with E-state index < -0.39 is 0 Å². The van der Waals surface area contributed by atoms with Crippen molar-refractivity contribution in [2.45, 2.75) is 13.5 Å².